The van der Waals surface area contributed by atoms with Gasteiger partial charge in [0.15, 0.2) is 4.90 Å². The third kappa shape index (κ3) is 4.97. The van der Waals surface area contributed by atoms with Crippen molar-refractivity contribution in [3.8, 4) is 11.1 Å². The first-order valence-electron chi connectivity index (χ1n) is 10.6. The Bertz CT molecular complexity index is 993. The minimum absolute atomic E-state index is 0.284. The predicted octanol–water partition coefficient (Wildman–Crippen LogP) is 2.40. The van der Waals surface area contributed by atoms with E-state index in [0.29, 0.717) is 29.0 Å². The van der Waals surface area contributed by atoms with E-state index in [1.807, 2.05) is 24.3 Å². The summed E-state index contributed by atoms with van der Waals surface area (Å²) in [5, 5.41) is 8.72. The molecule has 2 aliphatic heterocycles. The second-order valence-corrected chi connectivity index (χ2v) is 9.52. The van der Waals surface area contributed by atoms with Crippen LogP contribution in [0.15, 0.2) is 59.0 Å². The molecule has 170 valence electrons. The first kappa shape index (κ1) is 22.8. The van der Waals surface area contributed by atoms with Crippen LogP contribution in [0, 0.1) is 5.82 Å². The summed E-state index contributed by atoms with van der Waals surface area (Å²) in [6.45, 7) is 4.66. The van der Waals surface area contributed by atoms with Crippen LogP contribution < -0.4 is 10.4 Å². The fraction of sp³-hybridized carbons (Fsp3) is 0.348. The van der Waals surface area contributed by atoms with Crippen LogP contribution in [0.2, 0.25) is 0 Å². The van der Waals surface area contributed by atoms with E-state index in [2.05, 4.69) is 16.8 Å². The molecule has 2 aliphatic rings. The Morgan fingerprint density at radius 3 is 2.41 bits per heavy atom. The number of carbonyl (C=O) groups is 1. The van der Waals surface area contributed by atoms with E-state index >= 15 is 0 Å². The van der Waals surface area contributed by atoms with Crippen molar-refractivity contribution in [3.05, 3.63) is 59.9 Å². The molecule has 2 aromatic rings. The molecule has 1 atom stereocenters. The summed E-state index contributed by atoms with van der Waals surface area (Å²) in [5.41, 5.74) is 4.43. The van der Waals surface area contributed by atoms with Gasteiger partial charge in [0.1, 0.15) is 5.82 Å². The maximum atomic E-state index is 14.9. The normalized spacial score (nSPS) is 18.9. The van der Waals surface area contributed by atoms with E-state index in [4.69, 9.17) is 5.21 Å². The Labute approximate surface area is 190 Å². The standard InChI is InChI=1S/C23H27FN4O3S/c1-26-12-14-27(15-13-26)19-4-2-17(3-5-19)21-7-6-20(16-22(21)24)32(31)28-10-8-18(9-11-28)23(29)25-30/h2-8,16,30H,9-15H2,1H3,(H,25,29). The molecular formula is C23H27FN4O3S. The lowest BCUT2D eigenvalue weighted by atomic mass is 10.0. The number of piperazine rings is 1. The molecule has 0 aliphatic carbocycles. The Kier molecular flexibility index (Phi) is 7.12. The third-order valence-electron chi connectivity index (χ3n) is 5.99. The van der Waals surface area contributed by atoms with Gasteiger partial charge in [0.25, 0.3) is 5.91 Å². The lowest BCUT2D eigenvalue weighted by molar-refractivity contribution is -0.125. The molecule has 0 bridgehead atoms. The molecular weight excluding hydrogens is 431 g/mol. The molecule has 1 fully saturated rings. The van der Waals surface area contributed by atoms with Gasteiger partial charge in [-0.1, -0.05) is 18.2 Å². The monoisotopic (exact) mass is 458 g/mol. The number of benzene rings is 2. The number of carbonyl (C=O) groups excluding carboxylic acids is 1. The zero-order valence-corrected chi connectivity index (χ0v) is 18.8. The molecule has 0 aromatic heterocycles. The van der Waals surface area contributed by atoms with E-state index < -0.39 is 23.1 Å². The number of nitrogens with zero attached hydrogens (tertiary/aromatic N) is 3. The van der Waals surface area contributed by atoms with Crippen molar-refractivity contribution in [2.45, 2.75) is 11.3 Å². The first-order chi connectivity index (χ1) is 15.5. The van der Waals surface area contributed by atoms with Gasteiger partial charge >= 0.3 is 0 Å². The molecule has 32 heavy (non-hydrogen) atoms. The molecule has 1 amide bonds. The number of rotatable bonds is 5. The van der Waals surface area contributed by atoms with Crippen molar-refractivity contribution in [1.29, 1.82) is 0 Å². The zero-order chi connectivity index (χ0) is 22.7. The van der Waals surface area contributed by atoms with Gasteiger partial charge in [-0.3, -0.25) is 10.0 Å². The summed E-state index contributed by atoms with van der Waals surface area (Å²) < 4.78 is 29.4. The van der Waals surface area contributed by atoms with E-state index in [1.165, 1.54) is 6.07 Å². The van der Waals surface area contributed by atoms with Gasteiger partial charge in [0.05, 0.1) is 17.9 Å². The molecule has 4 rings (SSSR count). The number of hydrogen-bond donors (Lipinski definition) is 2. The summed E-state index contributed by atoms with van der Waals surface area (Å²) in [5.74, 6) is -0.972. The van der Waals surface area contributed by atoms with Crippen LogP contribution in [0.25, 0.3) is 11.1 Å². The Hall–Kier alpha value is -2.43. The quantitative estimate of drug-likeness (QED) is 0.407. The molecule has 9 heteroatoms. The van der Waals surface area contributed by atoms with Gasteiger partial charge in [-0.2, -0.15) is 0 Å². The smallest absolute Gasteiger partial charge is 0.270 e. The lowest BCUT2D eigenvalue weighted by Gasteiger charge is -2.34. The van der Waals surface area contributed by atoms with Crippen LogP contribution in [-0.4, -0.2) is 71.2 Å². The van der Waals surface area contributed by atoms with Crippen LogP contribution in [-0.2, 0) is 16.2 Å². The number of hydroxylamine groups is 1. The van der Waals surface area contributed by atoms with Gasteiger partial charge in [-0.25, -0.2) is 9.87 Å². The average molecular weight is 459 g/mol. The van der Waals surface area contributed by atoms with Crippen molar-refractivity contribution in [1.82, 2.24) is 14.7 Å². The highest BCUT2D eigenvalue weighted by molar-refractivity contribution is 7.89. The fourth-order valence-electron chi connectivity index (χ4n) is 3.98. The predicted molar refractivity (Wildman–Crippen MR) is 122 cm³/mol. The van der Waals surface area contributed by atoms with Crippen LogP contribution in [0.1, 0.15) is 6.42 Å². The lowest BCUT2D eigenvalue weighted by Crippen LogP contribution is -2.44. The second-order valence-electron chi connectivity index (χ2n) is 8.04. The summed E-state index contributed by atoms with van der Waals surface area (Å²) in [6, 6.07) is 12.6. The van der Waals surface area contributed by atoms with Crippen molar-refractivity contribution < 1.29 is 18.9 Å². The third-order valence-corrected chi connectivity index (χ3v) is 7.45. The van der Waals surface area contributed by atoms with Crippen molar-refractivity contribution >= 4 is 23.0 Å². The molecule has 2 aromatic carbocycles. The van der Waals surface area contributed by atoms with E-state index in [1.54, 1.807) is 28.0 Å². The van der Waals surface area contributed by atoms with E-state index in [-0.39, 0.29) is 6.54 Å². The van der Waals surface area contributed by atoms with Crippen molar-refractivity contribution in [3.63, 3.8) is 0 Å². The zero-order valence-electron chi connectivity index (χ0n) is 18.0. The summed E-state index contributed by atoms with van der Waals surface area (Å²) in [7, 11) is 2.12. The minimum Gasteiger partial charge on any atom is -0.593 e. The molecule has 1 saturated heterocycles. The van der Waals surface area contributed by atoms with Gasteiger partial charge in [-0.15, -0.1) is 4.31 Å². The Balaban J connectivity index is 1.44. The number of hydrogen-bond acceptors (Lipinski definition) is 6. The summed E-state index contributed by atoms with van der Waals surface area (Å²) >= 11 is -1.54. The van der Waals surface area contributed by atoms with Crippen LogP contribution in [0.5, 0.6) is 0 Å². The molecule has 0 spiro atoms. The van der Waals surface area contributed by atoms with Gasteiger partial charge in [0, 0.05) is 55.6 Å². The SMILES string of the molecule is CN1CCN(c2ccc(-c3ccc([S+]([O-])N4CC=C(C(=O)NO)CC4)cc3F)cc2)CC1. The fourth-order valence-corrected chi connectivity index (χ4v) is 5.14. The van der Waals surface area contributed by atoms with Crippen molar-refractivity contribution in [2.24, 2.45) is 0 Å². The highest BCUT2D eigenvalue weighted by Gasteiger charge is 2.27. The van der Waals surface area contributed by atoms with Gasteiger partial charge < -0.3 is 14.4 Å². The maximum Gasteiger partial charge on any atom is 0.270 e. The molecule has 0 radical (unpaired) electrons. The molecule has 2 N–H and O–H groups in total. The van der Waals surface area contributed by atoms with Gasteiger partial charge in [0.2, 0.25) is 0 Å². The summed E-state index contributed by atoms with van der Waals surface area (Å²) in [6.07, 6.45) is 1.98. The minimum atomic E-state index is -1.54. The molecule has 2 heterocycles. The van der Waals surface area contributed by atoms with Crippen LogP contribution in [0.4, 0.5) is 10.1 Å². The molecule has 7 nitrogen and oxygen atoms in total. The Morgan fingerprint density at radius 2 is 1.81 bits per heavy atom. The van der Waals surface area contributed by atoms with E-state index in [0.717, 1.165) is 37.4 Å². The second kappa shape index (κ2) is 10.0. The highest BCUT2D eigenvalue weighted by atomic mass is 32.2. The van der Waals surface area contributed by atoms with E-state index in [9.17, 15) is 13.7 Å². The Morgan fingerprint density at radius 1 is 1.09 bits per heavy atom. The first-order valence-corrected chi connectivity index (χ1v) is 11.7. The summed E-state index contributed by atoms with van der Waals surface area (Å²) in [4.78, 5) is 16.5. The number of anilines is 1. The van der Waals surface area contributed by atoms with Crippen molar-refractivity contribution in [2.75, 3.05) is 51.2 Å². The maximum absolute atomic E-state index is 14.9. The van der Waals surface area contributed by atoms with Gasteiger partial charge in [-0.05, 0) is 43.3 Å². The van der Waals surface area contributed by atoms with Crippen LogP contribution >= 0.6 is 0 Å². The largest absolute Gasteiger partial charge is 0.593 e. The van der Waals surface area contributed by atoms with Crippen LogP contribution in [0.3, 0.4) is 0 Å². The number of nitrogens with one attached hydrogen (secondary N) is 1. The number of halogens is 1. The molecule has 1 unspecified atom stereocenters. The number of amides is 1. The number of likely N-dealkylation sites (N-methyl/N-ethyl adjacent to an activating group) is 1. The highest BCUT2D eigenvalue weighted by Crippen LogP contribution is 2.29. The topological polar surface area (TPSA) is 82.1 Å². The molecule has 0 saturated carbocycles. The average Bonchev–Trinajstić information content (AvgIpc) is 2.84.